The molecule has 4 aliphatic carbocycles. The van der Waals surface area contributed by atoms with Crippen LogP contribution in [0.4, 0.5) is 0 Å². The van der Waals surface area contributed by atoms with Crippen molar-refractivity contribution < 1.29 is 38.4 Å². The number of piperidine rings is 4. The van der Waals surface area contributed by atoms with Gasteiger partial charge in [-0.25, -0.2) is 9.67 Å². The third kappa shape index (κ3) is 30.9. The standard InChI is InChI=1S/C32H38N4O2.C30H37N5O2.2C29H36N6O2/c1-23-10-12-24(13-11-23)27-22-30(27)34-19-7-9-29(32(38)36-20-5-2-6-21-36)35-31(37)26-16-14-25(15-17-26)28-8-3-4-18-33-28;1-22-7-9-23(10-8-22)26-20-28(26)32-15-5-6-27(30(37)34-17-3-2-4-18-34)33-29(36)24-11-13-25(14-12-24)35-19-16-31-21-35;1-21-7-9-22(10-8-21)25-20-27(25)30-15-5-6-26(29(37)34-17-3-2-4-18-34)32-28(36)23-11-13-24(14-12-23)35-19-16-31-33-35;1-21-7-9-22(10-8-21)25-18-27(25)30-15-5-6-26(29(37)34-16-3-2-4-17-34)33-28(36)23-11-13-24(14-12-23)35-19-31-32-20-35/h3-4,8,10-18,27,29-30,34H,2,5-7,9,19-22H2,1H3,(H,35,37);7-14,16,19,21,26-28,32H,2-6,15,17-18,20H2,1H3,(H,33,36);7-14,16,19,25-27,30H,2-6,15,17-18,20H2,1H3,(H,32,36);7-14,19-20,25-27,30H,2-6,15-18H2,1H3,(H,33,36)/t27-,29-,30+;26-,27-,28+;2*25-,26-,27+/m0000/s1. The molecule has 0 bridgehead atoms. The summed E-state index contributed by atoms with van der Waals surface area (Å²) in [5, 5.41) is 42.2. The van der Waals surface area contributed by atoms with Crippen LogP contribution < -0.4 is 42.5 Å². The Morgan fingerprint density at radius 1 is 0.302 bits per heavy atom. The van der Waals surface area contributed by atoms with E-state index in [1.54, 1.807) is 89.4 Å². The van der Waals surface area contributed by atoms with E-state index in [1.165, 1.54) is 44.5 Å². The summed E-state index contributed by atoms with van der Waals surface area (Å²) in [5.41, 5.74) is 17.3. The number of carbonyl (C=O) groups is 8. The highest BCUT2D eigenvalue weighted by Crippen LogP contribution is 2.44. The Balaban J connectivity index is 0.000000135. The van der Waals surface area contributed by atoms with Crippen molar-refractivity contribution in [3.63, 3.8) is 0 Å². The molecule has 8 aliphatic rings. The van der Waals surface area contributed by atoms with Crippen molar-refractivity contribution in [1.29, 1.82) is 0 Å². The summed E-state index contributed by atoms with van der Waals surface area (Å²) >= 11 is 0. The molecule has 12 atom stereocenters. The summed E-state index contributed by atoms with van der Waals surface area (Å²) in [4.78, 5) is 122. The average Bonchev–Trinajstić information content (AvgIpc) is 1.66. The first kappa shape index (κ1) is 106. The van der Waals surface area contributed by atoms with Gasteiger partial charge in [-0.3, -0.25) is 47.9 Å². The summed E-state index contributed by atoms with van der Waals surface area (Å²) < 4.78 is 5.31. The Morgan fingerprint density at radius 2 is 0.604 bits per heavy atom. The van der Waals surface area contributed by atoms with Crippen molar-refractivity contribution >= 4 is 47.3 Å². The Bertz CT molecular complexity index is 5790. The molecule has 0 spiro atoms. The van der Waals surface area contributed by atoms with Gasteiger partial charge in [0.15, 0.2) is 0 Å². The van der Waals surface area contributed by atoms with E-state index in [2.05, 4.69) is 198 Å². The molecule has 29 heteroatoms. The van der Waals surface area contributed by atoms with Gasteiger partial charge < -0.3 is 66.7 Å². The predicted molar refractivity (Wildman–Crippen MR) is 581 cm³/mol. The maximum absolute atomic E-state index is 13.4. The maximum atomic E-state index is 13.4. The summed E-state index contributed by atoms with van der Waals surface area (Å²) in [5.74, 6) is 1.62. The molecular weight excluding hydrogens is 1860 g/mol. The highest BCUT2D eigenvalue weighted by atomic mass is 16.2. The molecule has 20 rings (SSSR count). The summed E-state index contributed by atoms with van der Waals surface area (Å²) in [6, 6.07) is 70.2. The van der Waals surface area contributed by atoms with E-state index < -0.39 is 24.2 Å². The zero-order valence-corrected chi connectivity index (χ0v) is 86.8. The number of nitrogens with one attached hydrogen (secondary N) is 8. The van der Waals surface area contributed by atoms with Gasteiger partial charge in [0.25, 0.3) is 23.6 Å². The lowest BCUT2D eigenvalue weighted by atomic mass is 10.0. The van der Waals surface area contributed by atoms with Gasteiger partial charge in [-0.1, -0.05) is 143 Å². The number of carbonyl (C=O) groups excluding carboxylic acids is 8. The number of aromatic nitrogens is 9. The molecule has 8 fully saturated rings. The molecule has 8 N–H and O–H groups in total. The van der Waals surface area contributed by atoms with Gasteiger partial charge >= 0.3 is 0 Å². The maximum Gasteiger partial charge on any atom is 0.251 e. The lowest BCUT2D eigenvalue weighted by Gasteiger charge is -2.31. The van der Waals surface area contributed by atoms with Gasteiger partial charge in [0, 0.05) is 158 Å². The van der Waals surface area contributed by atoms with Crippen LogP contribution in [0.5, 0.6) is 0 Å². The third-order valence-corrected chi connectivity index (χ3v) is 30.3. The van der Waals surface area contributed by atoms with E-state index in [0.717, 1.165) is 235 Å². The van der Waals surface area contributed by atoms with E-state index >= 15 is 0 Å². The molecule has 149 heavy (non-hydrogen) atoms. The van der Waals surface area contributed by atoms with Crippen LogP contribution in [0.2, 0.25) is 0 Å². The Kier molecular flexibility index (Phi) is 38.0. The number of hydrogen-bond donors (Lipinski definition) is 8. The third-order valence-electron chi connectivity index (χ3n) is 30.3. The summed E-state index contributed by atoms with van der Waals surface area (Å²) in [6.07, 6.45) is 37.0. The number of amides is 8. The van der Waals surface area contributed by atoms with Crippen molar-refractivity contribution in [2.24, 2.45) is 0 Å². The van der Waals surface area contributed by atoms with Crippen LogP contribution in [0.1, 0.15) is 264 Å². The highest BCUT2D eigenvalue weighted by molar-refractivity contribution is 6.00. The molecule has 4 saturated heterocycles. The minimum Gasteiger partial charge on any atom is -0.341 e. The van der Waals surface area contributed by atoms with Gasteiger partial charge in [0.05, 0.1) is 30.1 Å². The molecule has 8 heterocycles. The van der Waals surface area contributed by atoms with E-state index in [-0.39, 0.29) is 47.3 Å². The van der Waals surface area contributed by atoms with Crippen LogP contribution in [-0.2, 0) is 19.2 Å². The van der Waals surface area contributed by atoms with Crippen molar-refractivity contribution in [3.8, 4) is 28.3 Å². The molecule has 4 aliphatic heterocycles. The SMILES string of the molecule is Cc1ccc([C@@H]2C[C@H]2NCCC[C@H](NC(=O)c2ccc(-c3ccccn3)cc2)C(=O)N2CCCCC2)cc1.Cc1ccc([C@@H]2C[C@H]2NCCC[C@H](NC(=O)c2ccc(-n3ccnc3)cc2)C(=O)N2CCCCC2)cc1.Cc1ccc([C@@H]2C[C@H]2NCCC[C@H](NC(=O)c2ccc(-n3ccnn3)cc2)C(=O)N2CCCCC2)cc1.Cc1ccc([C@@H]2C[C@H]2NCCC[C@H](NC(=O)c2ccc(-n3cnnc3)cc2)C(=O)N2CCCCC2)cc1. The highest BCUT2D eigenvalue weighted by Gasteiger charge is 2.42. The smallest absolute Gasteiger partial charge is 0.251 e. The van der Waals surface area contributed by atoms with Crippen molar-refractivity contribution in [2.75, 3.05) is 78.5 Å². The predicted octanol–water partition coefficient (Wildman–Crippen LogP) is 16.5. The number of pyridine rings is 1. The van der Waals surface area contributed by atoms with E-state index in [1.807, 2.05) is 109 Å². The molecule has 780 valence electrons. The van der Waals surface area contributed by atoms with Gasteiger partial charge in [0.2, 0.25) is 23.6 Å². The fraction of sp³-hybridized carbons (Fsp3) is 0.433. The zero-order valence-electron chi connectivity index (χ0n) is 86.8. The number of nitrogens with zero attached hydrogens (tertiary/aromatic N) is 13. The molecule has 12 aromatic rings. The first-order chi connectivity index (χ1) is 72.8. The van der Waals surface area contributed by atoms with Gasteiger partial charge in [-0.2, -0.15) is 0 Å². The van der Waals surface area contributed by atoms with Crippen LogP contribution in [0, 0.1) is 27.7 Å². The molecule has 8 amide bonds. The normalized spacial score (nSPS) is 19.8. The van der Waals surface area contributed by atoms with E-state index in [9.17, 15) is 38.4 Å². The van der Waals surface area contributed by atoms with Gasteiger partial charge in [0.1, 0.15) is 36.8 Å². The quantitative estimate of drug-likeness (QED) is 0.0165. The monoisotopic (exact) mass is 2010 g/mol. The Morgan fingerprint density at radius 3 is 0.886 bits per heavy atom. The van der Waals surface area contributed by atoms with E-state index in [4.69, 9.17) is 0 Å². The fourth-order valence-corrected chi connectivity index (χ4v) is 20.9. The molecule has 0 unspecified atom stereocenters. The van der Waals surface area contributed by atoms with Gasteiger partial charge in [-0.15, -0.1) is 15.3 Å². The average molecular weight is 2010 g/mol. The van der Waals surface area contributed by atoms with Crippen LogP contribution in [0.25, 0.3) is 28.3 Å². The second kappa shape index (κ2) is 53.2. The largest absolute Gasteiger partial charge is 0.341 e. The second-order valence-corrected chi connectivity index (χ2v) is 41.6. The van der Waals surface area contributed by atoms with E-state index in [0.29, 0.717) is 95.8 Å². The lowest BCUT2D eigenvalue weighted by Crippen LogP contribution is -2.50. The van der Waals surface area contributed by atoms with Gasteiger partial charge in [-0.05, 0) is 327 Å². The first-order valence-corrected chi connectivity index (χ1v) is 54.4. The number of rotatable bonds is 40. The molecule has 4 aromatic heterocycles. The molecule has 0 radical (unpaired) electrons. The van der Waals surface area contributed by atoms with Crippen LogP contribution in [0.3, 0.4) is 0 Å². The summed E-state index contributed by atoms with van der Waals surface area (Å²) in [7, 11) is 0. The van der Waals surface area contributed by atoms with Crippen molar-refractivity contribution in [3.05, 3.63) is 329 Å². The number of imidazole rings is 1. The zero-order chi connectivity index (χ0) is 103. The Labute approximate surface area is 876 Å². The minimum absolute atomic E-state index is 0.0382. The molecule has 4 saturated carbocycles. The molecule has 29 nitrogen and oxygen atoms in total. The van der Waals surface area contributed by atoms with Crippen LogP contribution in [-0.4, -0.2) is 238 Å². The lowest BCUT2D eigenvalue weighted by molar-refractivity contribution is -0.135. The molecular formula is C120H147N21O8. The first-order valence-electron chi connectivity index (χ1n) is 54.4. The number of likely N-dealkylation sites (tertiary alicyclic amines) is 4. The van der Waals surface area contributed by atoms with Crippen molar-refractivity contribution in [2.45, 2.75) is 254 Å². The molecule has 8 aromatic carbocycles. The number of aryl methyl sites for hydroxylation is 4. The number of hydrogen-bond acceptors (Lipinski definition) is 18. The topological polar surface area (TPSA) is 338 Å². The fourth-order valence-electron chi connectivity index (χ4n) is 20.9. The summed E-state index contributed by atoms with van der Waals surface area (Å²) in [6.45, 7) is 18.0. The van der Waals surface area contributed by atoms with Crippen molar-refractivity contribution in [1.82, 2.24) is 106 Å². The Hall–Kier alpha value is -14.0. The minimum atomic E-state index is -0.519. The second-order valence-electron chi connectivity index (χ2n) is 41.6. The van der Waals surface area contributed by atoms with Crippen LogP contribution in [0.15, 0.2) is 262 Å². The van der Waals surface area contributed by atoms with Crippen LogP contribution >= 0.6 is 0 Å². The number of benzene rings is 8.